The van der Waals surface area contributed by atoms with Gasteiger partial charge >= 0.3 is 0 Å². The van der Waals surface area contributed by atoms with Gasteiger partial charge in [-0.2, -0.15) is 0 Å². The highest BCUT2D eigenvalue weighted by Crippen LogP contribution is 2.18. The zero-order valence-corrected chi connectivity index (χ0v) is 9.41. The molecular formula is C13H14N2O2. The molecule has 0 saturated heterocycles. The summed E-state index contributed by atoms with van der Waals surface area (Å²) in [6.45, 7) is 0.450. The van der Waals surface area contributed by atoms with Gasteiger partial charge in [-0.1, -0.05) is 18.2 Å². The number of aliphatic hydroxyl groups excluding tert-OH is 1. The second-order valence-corrected chi connectivity index (χ2v) is 3.54. The molecule has 2 aromatic rings. The van der Waals surface area contributed by atoms with Crippen molar-refractivity contribution >= 4 is 0 Å². The average Bonchev–Trinajstić information content (AvgIpc) is 2.39. The molecule has 0 aliphatic rings. The van der Waals surface area contributed by atoms with Crippen molar-refractivity contribution < 1.29 is 9.84 Å². The van der Waals surface area contributed by atoms with Crippen LogP contribution in [0.2, 0.25) is 0 Å². The largest absolute Gasteiger partial charge is 0.485 e. The lowest BCUT2D eigenvalue weighted by Gasteiger charge is -2.09. The number of nitrogens with zero attached hydrogens (tertiary/aromatic N) is 2. The highest BCUT2D eigenvalue weighted by atomic mass is 16.5. The zero-order valence-electron chi connectivity index (χ0n) is 9.41. The summed E-state index contributed by atoms with van der Waals surface area (Å²) < 4.78 is 5.64. The third-order valence-electron chi connectivity index (χ3n) is 2.33. The molecule has 0 radical (unpaired) electrons. The molecule has 1 aromatic heterocycles. The SMILES string of the molecule is OCCc1ccccc1OCc1ncccn1. The maximum Gasteiger partial charge on any atom is 0.166 e. The molecule has 0 unspecified atom stereocenters. The predicted octanol–water partition coefficient (Wildman–Crippen LogP) is 1.59. The lowest BCUT2D eigenvalue weighted by atomic mass is 10.1. The van der Waals surface area contributed by atoms with Gasteiger partial charge in [0.25, 0.3) is 0 Å². The maximum atomic E-state index is 8.95. The van der Waals surface area contributed by atoms with Gasteiger partial charge in [-0.05, 0) is 24.1 Å². The van der Waals surface area contributed by atoms with E-state index >= 15 is 0 Å². The topological polar surface area (TPSA) is 55.2 Å². The molecule has 1 aromatic carbocycles. The quantitative estimate of drug-likeness (QED) is 0.847. The molecule has 4 nitrogen and oxygen atoms in total. The van der Waals surface area contributed by atoms with Crippen LogP contribution in [0.1, 0.15) is 11.4 Å². The minimum Gasteiger partial charge on any atom is -0.485 e. The number of hydrogen-bond acceptors (Lipinski definition) is 4. The van der Waals surface area contributed by atoms with Crippen molar-refractivity contribution in [2.45, 2.75) is 13.0 Å². The molecule has 0 saturated carbocycles. The number of benzene rings is 1. The van der Waals surface area contributed by atoms with E-state index < -0.39 is 0 Å². The van der Waals surface area contributed by atoms with Crippen molar-refractivity contribution in [3.05, 3.63) is 54.1 Å². The van der Waals surface area contributed by atoms with Crippen LogP contribution in [0, 0.1) is 0 Å². The summed E-state index contributed by atoms with van der Waals surface area (Å²) in [5.41, 5.74) is 0.992. The van der Waals surface area contributed by atoms with E-state index in [0.717, 1.165) is 11.3 Å². The van der Waals surface area contributed by atoms with Crippen LogP contribution in [-0.4, -0.2) is 21.7 Å². The molecule has 0 amide bonds. The normalized spacial score (nSPS) is 10.2. The van der Waals surface area contributed by atoms with Crippen LogP contribution in [0.4, 0.5) is 0 Å². The fourth-order valence-corrected chi connectivity index (χ4v) is 1.52. The highest BCUT2D eigenvalue weighted by Gasteiger charge is 2.03. The van der Waals surface area contributed by atoms with Crippen molar-refractivity contribution in [2.24, 2.45) is 0 Å². The van der Waals surface area contributed by atoms with E-state index in [1.807, 2.05) is 24.3 Å². The van der Waals surface area contributed by atoms with Gasteiger partial charge in [0, 0.05) is 19.0 Å². The summed E-state index contributed by atoms with van der Waals surface area (Å²) in [6.07, 6.45) is 3.96. The van der Waals surface area contributed by atoms with Crippen LogP contribution < -0.4 is 4.74 Å². The van der Waals surface area contributed by atoms with Crippen LogP contribution in [0.15, 0.2) is 42.7 Å². The van der Waals surface area contributed by atoms with Crippen molar-refractivity contribution in [3.63, 3.8) is 0 Å². The Hall–Kier alpha value is -1.94. The number of ether oxygens (including phenoxy) is 1. The first-order valence-electron chi connectivity index (χ1n) is 5.47. The van der Waals surface area contributed by atoms with Crippen LogP contribution >= 0.6 is 0 Å². The first kappa shape index (κ1) is 11.5. The second-order valence-electron chi connectivity index (χ2n) is 3.54. The molecular weight excluding hydrogens is 216 g/mol. The Morgan fingerprint density at radius 3 is 2.59 bits per heavy atom. The van der Waals surface area contributed by atoms with Crippen molar-refractivity contribution in [1.29, 1.82) is 0 Å². The third kappa shape index (κ3) is 3.26. The Morgan fingerprint density at radius 2 is 1.82 bits per heavy atom. The van der Waals surface area contributed by atoms with Crippen LogP contribution in [0.5, 0.6) is 5.75 Å². The molecule has 1 heterocycles. The average molecular weight is 230 g/mol. The van der Waals surface area contributed by atoms with Gasteiger partial charge in [0.1, 0.15) is 12.4 Å². The van der Waals surface area contributed by atoms with E-state index in [4.69, 9.17) is 9.84 Å². The number of aliphatic hydroxyl groups is 1. The zero-order chi connectivity index (χ0) is 11.9. The van der Waals surface area contributed by atoms with Gasteiger partial charge in [0.15, 0.2) is 5.82 Å². The molecule has 2 rings (SSSR count). The molecule has 88 valence electrons. The first-order chi connectivity index (χ1) is 8.40. The van der Waals surface area contributed by atoms with E-state index in [0.29, 0.717) is 18.9 Å². The molecule has 1 N–H and O–H groups in total. The number of para-hydroxylation sites is 1. The Bertz CT molecular complexity index is 460. The molecule has 0 aliphatic carbocycles. The fraction of sp³-hybridized carbons (Fsp3) is 0.231. The van der Waals surface area contributed by atoms with Gasteiger partial charge in [-0.3, -0.25) is 0 Å². The van der Waals surface area contributed by atoms with E-state index in [9.17, 15) is 0 Å². The molecule has 0 bridgehead atoms. The molecule has 0 spiro atoms. The van der Waals surface area contributed by atoms with E-state index in [2.05, 4.69) is 9.97 Å². The summed E-state index contributed by atoms with van der Waals surface area (Å²) in [7, 11) is 0. The summed E-state index contributed by atoms with van der Waals surface area (Å²) in [5.74, 6) is 1.42. The molecule has 4 heteroatoms. The Morgan fingerprint density at radius 1 is 1.06 bits per heavy atom. The summed E-state index contributed by atoms with van der Waals surface area (Å²) >= 11 is 0. The Balaban J connectivity index is 2.03. The van der Waals surface area contributed by atoms with E-state index in [-0.39, 0.29) is 6.61 Å². The number of hydrogen-bond donors (Lipinski definition) is 1. The van der Waals surface area contributed by atoms with Gasteiger partial charge < -0.3 is 9.84 Å². The van der Waals surface area contributed by atoms with Gasteiger partial charge in [-0.25, -0.2) is 9.97 Å². The van der Waals surface area contributed by atoms with Crippen LogP contribution in [-0.2, 0) is 13.0 Å². The molecule has 0 aliphatic heterocycles. The van der Waals surface area contributed by atoms with E-state index in [1.165, 1.54) is 0 Å². The summed E-state index contributed by atoms with van der Waals surface area (Å²) in [4.78, 5) is 8.17. The number of rotatable bonds is 5. The first-order valence-corrected chi connectivity index (χ1v) is 5.47. The minimum absolute atomic E-state index is 0.113. The molecule has 0 fully saturated rings. The third-order valence-corrected chi connectivity index (χ3v) is 2.33. The van der Waals surface area contributed by atoms with Crippen molar-refractivity contribution in [2.75, 3.05) is 6.61 Å². The molecule has 0 atom stereocenters. The summed E-state index contributed by atoms with van der Waals surface area (Å²) in [5, 5.41) is 8.95. The van der Waals surface area contributed by atoms with Crippen molar-refractivity contribution in [1.82, 2.24) is 9.97 Å². The van der Waals surface area contributed by atoms with Gasteiger partial charge in [-0.15, -0.1) is 0 Å². The standard InChI is InChI=1S/C13H14N2O2/c16-9-6-11-4-1-2-5-12(11)17-10-13-14-7-3-8-15-13/h1-5,7-8,16H,6,9-10H2. The smallest absolute Gasteiger partial charge is 0.166 e. The second kappa shape index (κ2) is 5.96. The molecule has 17 heavy (non-hydrogen) atoms. The predicted molar refractivity (Wildman–Crippen MR) is 63.6 cm³/mol. The van der Waals surface area contributed by atoms with Gasteiger partial charge in [0.05, 0.1) is 0 Å². The minimum atomic E-state index is 0.113. The fourth-order valence-electron chi connectivity index (χ4n) is 1.52. The Labute approximate surface area is 99.9 Å². The van der Waals surface area contributed by atoms with E-state index in [1.54, 1.807) is 18.5 Å². The maximum absolute atomic E-state index is 8.95. The highest BCUT2D eigenvalue weighted by molar-refractivity contribution is 5.33. The van der Waals surface area contributed by atoms with Gasteiger partial charge in [0.2, 0.25) is 0 Å². The van der Waals surface area contributed by atoms with Crippen molar-refractivity contribution in [3.8, 4) is 5.75 Å². The lowest BCUT2D eigenvalue weighted by Crippen LogP contribution is -2.03. The van der Waals surface area contributed by atoms with Crippen LogP contribution in [0.3, 0.4) is 0 Å². The number of aromatic nitrogens is 2. The Kier molecular flexibility index (Phi) is 4.05. The van der Waals surface area contributed by atoms with Crippen LogP contribution in [0.25, 0.3) is 0 Å². The lowest BCUT2D eigenvalue weighted by molar-refractivity contribution is 0.279. The summed E-state index contributed by atoms with van der Waals surface area (Å²) in [6, 6.07) is 9.42. The monoisotopic (exact) mass is 230 g/mol.